The molecule has 0 spiro atoms. The molecule has 0 fully saturated rings. The first kappa shape index (κ1) is 22.1. The Bertz CT molecular complexity index is 1300. The minimum absolute atomic E-state index is 0.232. The van der Waals surface area contributed by atoms with E-state index in [0.717, 1.165) is 28.7 Å². The number of carbonyl (C=O) groups is 1. The van der Waals surface area contributed by atoms with Crippen molar-refractivity contribution in [3.63, 3.8) is 0 Å². The number of carbonyl (C=O) groups excluding carboxylic acids is 1. The summed E-state index contributed by atoms with van der Waals surface area (Å²) < 4.78 is 28.1. The zero-order valence-corrected chi connectivity index (χ0v) is 19.7. The van der Waals surface area contributed by atoms with E-state index in [0.29, 0.717) is 11.3 Å². The molecule has 0 aliphatic carbocycles. The molecule has 0 radical (unpaired) electrons. The summed E-state index contributed by atoms with van der Waals surface area (Å²) in [4.78, 5) is 13.2. The highest BCUT2D eigenvalue weighted by Gasteiger charge is 2.36. The molecule has 1 atom stereocenters. The van der Waals surface area contributed by atoms with Gasteiger partial charge in [0.15, 0.2) is 0 Å². The van der Waals surface area contributed by atoms with Crippen LogP contribution in [0.15, 0.2) is 65.6 Å². The lowest BCUT2D eigenvalue weighted by Crippen LogP contribution is -2.43. The average molecular weight is 449 g/mol. The van der Waals surface area contributed by atoms with Crippen molar-refractivity contribution in [3.8, 4) is 11.1 Å². The van der Waals surface area contributed by atoms with Crippen LogP contribution in [0.5, 0.6) is 0 Å². The molecule has 6 heteroatoms. The van der Waals surface area contributed by atoms with Crippen LogP contribution in [-0.4, -0.2) is 20.9 Å². The first-order chi connectivity index (χ1) is 15.2. The Morgan fingerprint density at radius 3 is 2.44 bits per heavy atom. The maximum absolute atomic E-state index is 13.4. The van der Waals surface area contributed by atoms with Crippen LogP contribution >= 0.6 is 0 Å². The van der Waals surface area contributed by atoms with E-state index in [9.17, 15) is 13.2 Å². The second kappa shape index (κ2) is 8.43. The molecule has 0 saturated heterocycles. The van der Waals surface area contributed by atoms with E-state index in [-0.39, 0.29) is 23.4 Å². The van der Waals surface area contributed by atoms with Crippen LogP contribution in [0, 0.1) is 13.8 Å². The van der Waals surface area contributed by atoms with Crippen molar-refractivity contribution in [3.05, 3.63) is 82.9 Å². The fraction of sp³-hybridized carbons (Fsp3) is 0.269. The van der Waals surface area contributed by atoms with Gasteiger partial charge in [-0.15, -0.1) is 0 Å². The van der Waals surface area contributed by atoms with Gasteiger partial charge in [0.1, 0.15) is 6.54 Å². The molecule has 0 bridgehead atoms. The van der Waals surface area contributed by atoms with Gasteiger partial charge in [0.05, 0.1) is 16.6 Å². The van der Waals surface area contributed by atoms with Crippen LogP contribution in [0.1, 0.15) is 42.1 Å². The van der Waals surface area contributed by atoms with Crippen LogP contribution in [0.3, 0.4) is 0 Å². The van der Waals surface area contributed by atoms with Crippen LogP contribution in [0.2, 0.25) is 0 Å². The van der Waals surface area contributed by atoms with E-state index in [4.69, 9.17) is 0 Å². The molecule has 1 heterocycles. The van der Waals surface area contributed by atoms with Gasteiger partial charge in [0.25, 0.3) is 10.0 Å². The topological polar surface area (TPSA) is 66.5 Å². The van der Waals surface area contributed by atoms with Gasteiger partial charge in [-0.25, -0.2) is 8.42 Å². The number of amides is 1. The van der Waals surface area contributed by atoms with E-state index >= 15 is 0 Å². The minimum atomic E-state index is -3.85. The normalized spacial score (nSPS) is 14.9. The predicted molar refractivity (Wildman–Crippen MR) is 128 cm³/mol. The third-order valence-electron chi connectivity index (χ3n) is 6.18. The SMILES string of the molecule is CCc1ccc2c(c1)-c1ccccc1S(=O)(=O)N2CC(=O)N[C@H](C)c1ccc(C)c(C)c1. The maximum Gasteiger partial charge on any atom is 0.265 e. The van der Waals surface area contributed by atoms with Gasteiger partial charge in [-0.2, -0.15) is 0 Å². The van der Waals surface area contributed by atoms with Gasteiger partial charge in [0.2, 0.25) is 5.91 Å². The van der Waals surface area contributed by atoms with Gasteiger partial charge >= 0.3 is 0 Å². The second-order valence-corrected chi connectivity index (χ2v) is 10.2. The van der Waals surface area contributed by atoms with Gasteiger partial charge in [-0.1, -0.05) is 49.4 Å². The number of anilines is 1. The number of hydrogen-bond acceptors (Lipinski definition) is 3. The standard InChI is InChI=1S/C26H28N2O3S/c1-5-20-11-13-24-23(15-20)22-8-6-7-9-25(22)32(30,31)28(24)16-26(29)27-19(4)21-12-10-17(2)18(3)14-21/h6-15,19H,5,16H2,1-4H3,(H,27,29)/t19-/m1/s1. The highest BCUT2D eigenvalue weighted by atomic mass is 32.2. The van der Waals surface area contributed by atoms with E-state index in [2.05, 4.69) is 18.3 Å². The third-order valence-corrected chi connectivity index (χ3v) is 8.00. The Balaban J connectivity index is 1.66. The van der Waals surface area contributed by atoms with Gasteiger partial charge in [-0.3, -0.25) is 9.10 Å². The molecule has 0 saturated carbocycles. The first-order valence-corrected chi connectivity index (χ1v) is 12.3. The lowest BCUT2D eigenvalue weighted by Gasteiger charge is -2.32. The number of nitrogens with one attached hydrogen (secondary N) is 1. The Labute approximate surface area is 190 Å². The fourth-order valence-electron chi connectivity index (χ4n) is 4.10. The van der Waals surface area contributed by atoms with Crippen molar-refractivity contribution in [2.75, 3.05) is 10.8 Å². The summed E-state index contributed by atoms with van der Waals surface area (Å²) in [5.41, 5.74) is 6.50. The van der Waals surface area contributed by atoms with Crippen molar-refractivity contribution >= 4 is 21.6 Å². The highest BCUT2D eigenvalue weighted by Crippen LogP contribution is 2.43. The maximum atomic E-state index is 13.4. The predicted octanol–water partition coefficient (Wildman–Crippen LogP) is 4.92. The molecule has 0 aromatic heterocycles. The molecule has 1 N–H and O–H groups in total. The summed E-state index contributed by atoms with van der Waals surface area (Å²) in [5.74, 6) is -0.343. The molecule has 32 heavy (non-hydrogen) atoms. The number of nitrogens with zero attached hydrogens (tertiary/aromatic N) is 1. The van der Waals surface area contributed by atoms with Crippen LogP contribution in [0.4, 0.5) is 5.69 Å². The van der Waals surface area contributed by atoms with Gasteiger partial charge < -0.3 is 5.32 Å². The summed E-state index contributed by atoms with van der Waals surface area (Å²) in [5, 5.41) is 2.96. The molecular formula is C26H28N2O3S. The number of fused-ring (bicyclic) bond motifs is 3. The lowest BCUT2D eigenvalue weighted by molar-refractivity contribution is -0.120. The smallest absolute Gasteiger partial charge is 0.265 e. The van der Waals surface area contributed by atoms with Crippen molar-refractivity contribution < 1.29 is 13.2 Å². The van der Waals surface area contributed by atoms with E-state index in [1.165, 1.54) is 9.87 Å². The fourth-order valence-corrected chi connectivity index (χ4v) is 5.75. The number of aryl methyl sites for hydroxylation is 3. The van der Waals surface area contributed by atoms with E-state index < -0.39 is 10.0 Å². The van der Waals surface area contributed by atoms with Crippen molar-refractivity contribution in [1.82, 2.24) is 5.32 Å². The zero-order chi connectivity index (χ0) is 23.0. The Hall–Kier alpha value is -3.12. The number of rotatable bonds is 5. The third kappa shape index (κ3) is 3.91. The van der Waals surface area contributed by atoms with E-state index in [1.54, 1.807) is 12.1 Å². The lowest BCUT2D eigenvalue weighted by atomic mass is 9.99. The minimum Gasteiger partial charge on any atom is -0.348 e. The molecule has 0 unspecified atom stereocenters. The molecule has 3 aromatic rings. The van der Waals surface area contributed by atoms with Crippen LogP contribution in [-0.2, 0) is 21.2 Å². The molecule has 4 rings (SSSR count). The average Bonchev–Trinajstić information content (AvgIpc) is 2.78. The molecule has 1 amide bonds. The second-order valence-electron chi connectivity index (χ2n) is 8.35. The molecular weight excluding hydrogens is 420 g/mol. The Morgan fingerprint density at radius 1 is 0.969 bits per heavy atom. The Kier molecular flexibility index (Phi) is 5.82. The zero-order valence-electron chi connectivity index (χ0n) is 18.8. The summed E-state index contributed by atoms with van der Waals surface area (Å²) in [6.07, 6.45) is 0.843. The summed E-state index contributed by atoms with van der Waals surface area (Å²) in [6.45, 7) is 7.77. The monoisotopic (exact) mass is 448 g/mol. The number of benzene rings is 3. The number of sulfonamides is 1. The van der Waals surface area contributed by atoms with Gasteiger partial charge in [0, 0.05) is 11.1 Å². The number of hydrogen-bond donors (Lipinski definition) is 1. The highest BCUT2D eigenvalue weighted by molar-refractivity contribution is 7.93. The van der Waals surface area contributed by atoms with Crippen LogP contribution < -0.4 is 9.62 Å². The summed E-state index contributed by atoms with van der Waals surface area (Å²) in [7, 11) is -3.85. The first-order valence-electron chi connectivity index (χ1n) is 10.8. The molecule has 1 aliphatic rings. The van der Waals surface area contributed by atoms with Crippen molar-refractivity contribution in [2.24, 2.45) is 0 Å². The Morgan fingerprint density at radius 2 is 1.72 bits per heavy atom. The van der Waals surface area contributed by atoms with Crippen molar-refractivity contribution in [2.45, 2.75) is 45.1 Å². The quantitative estimate of drug-likeness (QED) is 0.603. The molecule has 166 valence electrons. The van der Waals surface area contributed by atoms with Crippen LogP contribution in [0.25, 0.3) is 11.1 Å². The molecule has 5 nitrogen and oxygen atoms in total. The largest absolute Gasteiger partial charge is 0.348 e. The van der Waals surface area contributed by atoms with Gasteiger partial charge in [-0.05, 0) is 67.6 Å². The molecule has 1 aliphatic heterocycles. The van der Waals surface area contributed by atoms with Crippen molar-refractivity contribution in [1.29, 1.82) is 0 Å². The molecule has 3 aromatic carbocycles. The summed E-state index contributed by atoms with van der Waals surface area (Å²) in [6, 6.07) is 18.6. The summed E-state index contributed by atoms with van der Waals surface area (Å²) >= 11 is 0. The van der Waals surface area contributed by atoms with E-state index in [1.807, 2.05) is 63.2 Å².